The van der Waals surface area contributed by atoms with Crippen molar-refractivity contribution in [3.05, 3.63) is 83.6 Å². The Bertz CT molecular complexity index is 1110. The molecule has 3 rings (SSSR count). The Morgan fingerprint density at radius 3 is 2.66 bits per heavy atom. The molecule has 2 amide bonds. The van der Waals surface area contributed by atoms with Gasteiger partial charge in [0.05, 0.1) is 19.0 Å². The normalized spacial score (nSPS) is 12.4. The molecule has 0 aliphatic heterocycles. The standard InChI is InChI=1S/C22H25FN6O3/c23-17-5-3-16(4-6-17)22(31)27-12-18(24)13-29(25)19(11-21(30)28-32)9-14-1-2-15-7-8-26-20(15)10-14/h1-8,10,13,19,26,32H,9,11-12,24-25H2,(H,27,31)(H,28,30)/b18-13-/t19-/m1/s1. The highest BCUT2D eigenvalue weighted by atomic mass is 19.1. The van der Waals surface area contributed by atoms with Crippen LogP contribution in [0.25, 0.3) is 10.9 Å². The number of amides is 2. The first-order valence-electron chi connectivity index (χ1n) is 9.87. The molecule has 1 aromatic heterocycles. The number of carbonyl (C=O) groups excluding carboxylic acids is 2. The van der Waals surface area contributed by atoms with Gasteiger partial charge in [0.2, 0.25) is 5.91 Å². The van der Waals surface area contributed by atoms with Gasteiger partial charge < -0.3 is 21.0 Å². The number of benzene rings is 2. The highest BCUT2D eigenvalue weighted by Gasteiger charge is 2.19. The number of nitrogens with two attached hydrogens (primary N) is 2. The third-order valence-corrected chi connectivity index (χ3v) is 4.93. The van der Waals surface area contributed by atoms with Crippen molar-refractivity contribution in [1.29, 1.82) is 0 Å². The zero-order valence-electron chi connectivity index (χ0n) is 17.2. The number of hydrogen-bond acceptors (Lipinski definition) is 6. The van der Waals surface area contributed by atoms with Crippen molar-refractivity contribution < 1.29 is 19.2 Å². The topological polar surface area (TPSA) is 150 Å². The molecule has 1 atom stereocenters. The van der Waals surface area contributed by atoms with Crippen LogP contribution in [0, 0.1) is 5.82 Å². The Balaban J connectivity index is 1.66. The molecule has 0 saturated heterocycles. The molecule has 0 bridgehead atoms. The lowest BCUT2D eigenvalue weighted by Crippen LogP contribution is -2.42. The van der Waals surface area contributed by atoms with Gasteiger partial charge in [0.1, 0.15) is 5.82 Å². The molecule has 0 radical (unpaired) electrons. The maximum Gasteiger partial charge on any atom is 0.251 e. The Morgan fingerprint density at radius 1 is 1.19 bits per heavy atom. The van der Waals surface area contributed by atoms with E-state index in [9.17, 15) is 14.0 Å². The first-order chi connectivity index (χ1) is 15.4. The van der Waals surface area contributed by atoms with E-state index < -0.39 is 23.7 Å². The second-order valence-electron chi connectivity index (χ2n) is 7.34. The lowest BCUT2D eigenvalue weighted by atomic mass is 10.0. The van der Waals surface area contributed by atoms with Gasteiger partial charge in [0, 0.05) is 29.2 Å². The van der Waals surface area contributed by atoms with E-state index in [4.69, 9.17) is 16.8 Å². The summed E-state index contributed by atoms with van der Waals surface area (Å²) in [6.45, 7) is -0.00272. The molecule has 0 aliphatic carbocycles. The van der Waals surface area contributed by atoms with Crippen LogP contribution in [0.2, 0.25) is 0 Å². The van der Waals surface area contributed by atoms with Gasteiger partial charge in [-0.2, -0.15) is 0 Å². The number of hydrazine groups is 1. The fraction of sp³-hybridized carbons (Fsp3) is 0.182. The van der Waals surface area contributed by atoms with Gasteiger partial charge in [0.15, 0.2) is 0 Å². The molecule has 0 saturated carbocycles. The largest absolute Gasteiger partial charge is 0.399 e. The maximum absolute atomic E-state index is 13.0. The van der Waals surface area contributed by atoms with E-state index in [0.29, 0.717) is 12.0 Å². The Labute approximate surface area is 183 Å². The van der Waals surface area contributed by atoms with Crippen LogP contribution >= 0.6 is 0 Å². The van der Waals surface area contributed by atoms with Crippen molar-refractivity contribution in [3.63, 3.8) is 0 Å². The SMILES string of the molecule is N/C(=C\N(N)[C@@H](CC(=O)NO)Cc1ccc2cc[nH]c2c1)CNC(=O)c1ccc(F)cc1. The van der Waals surface area contributed by atoms with E-state index >= 15 is 0 Å². The summed E-state index contributed by atoms with van der Waals surface area (Å²) in [5.74, 6) is 4.70. The van der Waals surface area contributed by atoms with Crippen LogP contribution in [0.5, 0.6) is 0 Å². The summed E-state index contributed by atoms with van der Waals surface area (Å²) in [5, 5.41) is 13.9. The number of nitrogens with one attached hydrogen (secondary N) is 3. The predicted molar refractivity (Wildman–Crippen MR) is 117 cm³/mol. The highest BCUT2D eigenvalue weighted by molar-refractivity contribution is 5.94. The molecule has 3 aromatic rings. The molecular weight excluding hydrogens is 415 g/mol. The molecule has 0 aliphatic rings. The van der Waals surface area contributed by atoms with E-state index in [-0.39, 0.29) is 18.7 Å². The third kappa shape index (κ3) is 6.06. The number of aromatic amines is 1. The quantitative estimate of drug-likeness (QED) is 0.169. The minimum absolute atomic E-state index is 0.00272. The van der Waals surface area contributed by atoms with Crippen LogP contribution in [-0.4, -0.2) is 39.6 Å². The number of hydroxylamine groups is 1. The summed E-state index contributed by atoms with van der Waals surface area (Å²) in [5.41, 5.74) is 10.0. The second-order valence-corrected chi connectivity index (χ2v) is 7.34. The third-order valence-electron chi connectivity index (χ3n) is 4.93. The monoisotopic (exact) mass is 440 g/mol. The molecule has 0 unspecified atom stereocenters. The maximum atomic E-state index is 13.0. The van der Waals surface area contributed by atoms with Crippen molar-refractivity contribution in [1.82, 2.24) is 20.8 Å². The molecule has 0 spiro atoms. The molecule has 8 N–H and O–H groups in total. The van der Waals surface area contributed by atoms with Crippen molar-refractivity contribution in [3.8, 4) is 0 Å². The van der Waals surface area contributed by atoms with Crippen LogP contribution in [0.4, 0.5) is 4.39 Å². The van der Waals surface area contributed by atoms with Crippen LogP contribution in [0.15, 0.2) is 66.6 Å². The van der Waals surface area contributed by atoms with Crippen molar-refractivity contribution in [2.75, 3.05) is 6.54 Å². The summed E-state index contributed by atoms with van der Waals surface area (Å²) in [6, 6.07) is 12.4. The number of halogens is 1. The fourth-order valence-corrected chi connectivity index (χ4v) is 3.26. The number of carbonyl (C=O) groups is 2. The van der Waals surface area contributed by atoms with Crippen LogP contribution < -0.4 is 22.4 Å². The van der Waals surface area contributed by atoms with E-state index in [0.717, 1.165) is 16.5 Å². The van der Waals surface area contributed by atoms with Crippen LogP contribution in [0.1, 0.15) is 22.3 Å². The summed E-state index contributed by atoms with van der Waals surface area (Å²) >= 11 is 0. The van der Waals surface area contributed by atoms with E-state index in [1.165, 1.54) is 35.5 Å². The number of rotatable bonds is 9. The number of fused-ring (bicyclic) bond motifs is 1. The van der Waals surface area contributed by atoms with Crippen molar-refractivity contribution in [2.45, 2.75) is 18.9 Å². The first-order valence-corrected chi connectivity index (χ1v) is 9.87. The van der Waals surface area contributed by atoms with Crippen molar-refractivity contribution >= 4 is 22.7 Å². The lowest BCUT2D eigenvalue weighted by Gasteiger charge is -2.26. The van der Waals surface area contributed by atoms with Crippen LogP contribution in [-0.2, 0) is 11.2 Å². The molecule has 168 valence electrons. The average molecular weight is 440 g/mol. The van der Waals surface area contributed by atoms with Crippen LogP contribution in [0.3, 0.4) is 0 Å². The molecule has 10 heteroatoms. The van der Waals surface area contributed by atoms with Gasteiger partial charge in [-0.05, 0) is 53.8 Å². The first kappa shape index (κ1) is 22.8. The second kappa shape index (κ2) is 10.4. The number of nitrogens with zero attached hydrogens (tertiary/aromatic N) is 1. The smallest absolute Gasteiger partial charge is 0.251 e. The predicted octanol–water partition coefficient (Wildman–Crippen LogP) is 1.52. The highest BCUT2D eigenvalue weighted by Crippen LogP contribution is 2.17. The lowest BCUT2D eigenvalue weighted by molar-refractivity contribution is -0.130. The van der Waals surface area contributed by atoms with E-state index in [2.05, 4.69) is 10.3 Å². The van der Waals surface area contributed by atoms with Gasteiger partial charge in [-0.3, -0.25) is 14.8 Å². The number of H-pyrrole nitrogens is 1. The summed E-state index contributed by atoms with van der Waals surface area (Å²) < 4.78 is 13.0. The Hall–Kier alpha value is -3.89. The van der Waals surface area contributed by atoms with Crippen molar-refractivity contribution in [2.24, 2.45) is 11.6 Å². The number of hydrogen-bond donors (Lipinski definition) is 6. The van der Waals surface area contributed by atoms with Gasteiger partial charge >= 0.3 is 0 Å². The van der Waals surface area contributed by atoms with E-state index in [1.807, 2.05) is 30.5 Å². The Morgan fingerprint density at radius 2 is 1.94 bits per heavy atom. The minimum Gasteiger partial charge on any atom is -0.399 e. The summed E-state index contributed by atoms with van der Waals surface area (Å²) in [6.07, 6.45) is 3.59. The van der Waals surface area contributed by atoms with Gasteiger partial charge in [-0.15, -0.1) is 0 Å². The molecule has 9 nitrogen and oxygen atoms in total. The molecule has 2 aromatic carbocycles. The average Bonchev–Trinajstić information content (AvgIpc) is 3.25. The molecule has 1 heterocycles. The molecule has 0 fully saturated rings. The summed E-state index contributed by atoms with van der Waals surface area (Å²) in [7, 11) is 0. The number of aromatic nitrogens is 1. The molecule has 32 heavy (non-hydrogen) atoms. The zero-order valence-corrected chi connectivity index (χ0v) is 17.2. The van der Waals surface area contributed by atoms with Gasteiger partial charge in [0.25, 0.3) is 5.91 Å². The zero-order chi connectivity index (χ0) is 23.1. The van der Waals surface area contributed by atoms with Gasteiger partial charge in [-0.25, -0.2) is 15.7 Å². The Kier molecular flexibility index (Phi) is 7.42. The molecular formula is C22H25FN6O3. The van der Waals surface area contributed by atoms with E-state index in [1.54, 1.807) is 5.48 Å². The minimum atomic E-state index is -0.594. The summed E-state index contributed by atoms with van der Waals surface area (Å²) in [4.78, 5) is 27.1. The van der Waals surface area contributed by atoms with Gasteiger partial charge in [-0.1, -0.05) is 12.1 Å². The fourth-order valence-electron chi connectivity index (χ4n) is 3.26.